The number of nitrogens with one attached hydrogen (secondary N) is 1. The van der Waals surface area contributed by atoms with Crippen LogP contribution in [0.5, 0.6) is 0 Å². The molecule has 1 aliphatic rings. The number of hydrogen-bond donors (Lipinski definition) is 2. The van der Waals surface area contributed by atoms with Crippen LogP contribution in [0.1, 0.15) is 20.8 Å². The first-order chi connectivity index (χ1) is 5.36. The molecule has 1 saturated heterocycles. The SMILES string of the molecule is CC1(C)COC(C)(C(=O)O)CN1.Cl. The van der Waals surface area contributed by atoms with E-state index in [1.807, 2.05) is 13.8 Å². The van der Waals surface area contributed by atoms with Crippen LogP contribution >= 0.6 is 12.4 Å². The van der Waals surface area contributed by atoms with Crippen molar-refractivity contribution in [2.24, 2.45) is 0 Å². The van der Waals surface area contributed by atoms with Gasteiger partial charge in [-0.05, 0) is 20.8 Å². The minimum atomic E-state index is -1.06. The monoisotopic (exact) mass is 209 g/mol. The number of carboxylic acid groups (broad SMARTS) is 1. The van der Waals surface area contributed by atoms with E-state index in [2.05, 4.69) is 5.32 Å². The number of morpholine rings is 1. The van der Waals surface area contributed by atoms with Gasteiger partial charge in [-0.3, -0.25) is 0 Å². The van der Waals surface area contributed by atoms with E-state index < -0.39 is 11.6 Å². The quantitative estimate of drug-likeness (QED) is 0.666. The summed E-state index contributed by atoms with van der Waals surface area (Å²) in [6, 6.07) is 0. The molecule has 0 bridgehead atoms. The third kappa shape index (κ3) is 2.83. The number of carbonyl (C=O) groups is 1. The number of rotatable bonds is 1. The van der Waals surface area contributed by atoms with E-state index in [1.165, 1.54) is 0 Å². The van der Waals surface area contributed by atoms with E-state index in [4.69, 9.17) is 9.84 Å². The first kappa shape index (κ1) is 12.7. The summed E-state index contributed by atoms with van der Waals surface area (Å²) >= 11 is 0. The second-order valence-corrected chi connectivity index (χ2v) is 4.06. The molecule has 0 amide bonds. The third-order valence-electron chi connectivity index (χ3n) is 2.11. The fourth-order valence-corrected chi connectivity index (χ4v) is 0.987. The second kappa shape index (κ2) is 3.82. The standard InChI is InChI=1S/C8H15NO3.ClH/c1-7(2)5-12-8(3,4-9-7)6(10)11;/h9H,4-5H2,1-3H3,(H,10,11);1H. The van der Waals surface area contributed by atoms with E-state index in [1.54, 1.807) is 6.92 Å². The Balaban J connectivity index is 0.00000144. The Labute approximate surface area is 84.1 Å². The van der Waals surface area contributed by atoms with Crippen LogP contribution in [0.4, 0.5) is 0 Å². The Kier molecular flexibility index (Phi) is 3.72. The van der Waals surface area contributed by atoms with Gasteiger partial charge in [-0.2, -0.15) is 0 Å². The summed E-state index contributed by atoms with van der Waals surface area (Å²) in [7, 11) is 0. The smallest absolute Gasteiger partial charge is 0.337 e. The molecule has 0 aromatic rings. The lowest BCUT2D eigenvalue weighted by atomic mass is 9.98. The molecule has 0 spiro atoms. The lowest BCUT2D eigenvalue weighted by molar-refractivity contribution is -0.172. The summed E-state index contributed by atoms with van der Waals surface area (Å²) in [5, 5.41) is 11.9. The third-order valence-corrected chi connectivity index (χ3v) is 2.11. The molecule has 0 radical (unpaired) electrons. The largest absolute Gasteiger partial charge is 0.479 e. The topological polar surface area (TPSA) is 58.6 Å². The van der Waals surface area contributed by atoms with Crippen molar-refractivity contribution in [1.29, 1.82) is 0 Å². The fourth-order valence-electron chi connectivity index (χ4n) is 0.987. The van der Waals surface area contributed by atoms with Crippen LogP contribution in [0.2, 0.25) is 0 Å². The van der Waals surface area contributed by atoms with Crippen molar-refractivity contribution in [2.45, 2.75) is 31.9 Å². The molecular weight excluding hydrogens is 194 g/mol. The van der Waals surface area contributed by atoms with Gasteiger partial charge in [-0.15, -0.1) is 12.4 Å². The highest BCUT2D eigenvalue weighted by atomic mass is 35.5. The van der Waals surface area contributed by atoms with Crippen LogP contribution in [-0.4, -0.2) is 35.4 Å². The Bertz CT molecular complexity index is 196. The molecule has 1 fully saturated rings. The number of aliphatic carboxylic acids is 1. The van der Waals surface area contributed by atoms with E-state index >= 15 is 0 Å². The molecule has 0 aromatic heterocycles. The first-order valence-electron chi connectivity index (χ1n) is 3.98. The van der Waals surface area contributed by atoms with Crippen LogP contribution in [0.3, 0.4) is 0 Å². The van der Waals surface area contributed by atoms with Crippen LogP contribution in [-0.2, 0) is 9.53 Å². The average molecular weight is 210 g/mol. The molecule has 1 heterocycles. The van der Waals surface area contributed by atoms with Gasteiger partial charge >= 0.3 is 5.97 Å². The number of carboxylic acids is 1. The maximum atomic E-state index is 10.7. The summed E-state index contributed by atoms with van der Waals surface area (Å²) < 4.78 is 5.28. The molecule has 13 heavy (non-hydrogen) atoms. The molecule has 1 rings (SSSR count). The molecule has 0 saturated carbocycles. The molecule has 1 atom stereocenters. The van der Waals surface area contributed by atoms with Crippen molar-refractivity contribution < 1.29 is 14.6 Å². The Hall–Kier alpha value is -0.320. The number of hydrogen-bond acceptors (Lipinski definition) is 3. The van der Waals surface area contributed by atoms with E-state index in [-0.39, 0.29) is 17.9 Å². The number of ether oxygens (including phenoxy) is 1. The molecule has 1 aliphatic heterocycles. The molecular formula is C8H16ClNO3. The highest BCUT2D eigenvalue weighted by molar-refractivity contribution is 5.85. The minimum absolute atomic E-state index is 0. The van der Waals surface area contributed by atoms with Gasteiger partial charge in [0.2, 0.25) is 0 Å². The Morgan fingerprint density at radius 1 is 1.46 bits per heavy atom. The minimum Gasteiger partial charge on any atom is -0.479 e. The second-order valence-electron chi connectivity index (χ2n) is 4.06. The summed E-state index contributed by atoms with van der Waals surface area (Å²) in [5.41, 5.74) is -1.18. The van der Waals surface area contributed by atoms with E-state index in [0.29, 0.717) is 13.2 Å². The summed E-state index contributed by atoms with van der Waals surface area (Å²) in [6.07, 6.45) is 0. The Morgan fingerprint density at radius 2 is 2.00 bits per heavy atom. The van der Waals surface area contributed by atoms with Gasteiger partial charge in [0.1, 0.15) is 0 Å². The van der Waals surface area contributed by atoms with Gasteiger partial charge in [-0.25, -0.2) is 4.79 Å². The number of halogens is 1. The molecule has 1 unspecified atom stereocenters. The van der Waals surface area contributed by atoms with Crippen molar-refractivity contribution in [1.82, 2.24) is 5.32 Å². The van der Waals surface area contributed by atoms with Gasteiger partial charge in [0.25, 0.3) is 0 Å². The molecule has 4 nitrogen and oxygen atoms in total. The maximum Gasteiger partial charge on any atom is 0.337 e. The van der Waals surface area contributed by atoms with Crippen LogP contribution < -0.4 is 5.32 Å². The lowest BCUT2D eigenvalue weighted by Gasteiger charge is -2.39. The van der Waals surface area contributed by atoms with Crippen LogP contribution in [0.15, 0.2) is 0 Å². The van der Waals surface area contributed by atoms with Crippen molar-refractivity contribution in [2.75, 3.05) is 13.2 Å². The van der Waals surface area contributed by atoms with Gasteiger partial charge in [0.05, 0.1) is 6.61 Å². The zero-order valence-electron chi connectivity index (χ0n) is 8.09. The highest BCUT2D eigenvalue weighted by Gasteiger charge is 2.41. The van der Waals surface area contributed by atoms with Crippen molar-refractivity contribution in [3.63, 3.8) is 0 Å². The normalized spacial score (nSPS) is 31.9. The van der Waals surface area contributed by atoms with E-state index in [0.717, 1.165) is 0 Å². The van der Waals surface area contributed by atoms with Crippen molar-refractivity contribution in [3.8, 4) is 0 Å². The summed E-state index contributed by atoms with van der Waals surface area (Å²) in [6.45, 7) is 6.32. The molecule has 0 aromatic carbocycles. The highest BCUT2D eigenvalue weighted by Crippen LogP contribution is 2.19. The average Bonchev–Trinajstić information content (AvgIpc) is 1.96. The zero-order chi connectivity index (χ0) is 9.41. The lowest BCUT2D eigenvalue weighted by Crippen LogP contribution is -2.61. The molecule has 2 N–H and O–H groups in total. The van der Waals surface area contributed by atoms with E-state index in [9.17, 15) is 4.79 Å². The fraction of sp³-hybridized carbons (Fsp3) is 0.875. The summed E-state index contributed by atoms with van der Waals surface area (Å²) in [4.78, 5) is 10.7. The van der Waals surface area contributed by atoms with Crippen LogP contribution in [0.25, 0.3) is 0 Å². The predicted molar refractivity (Wildman–Crippen MR) is 51.3 cm³/mol. The molecule has 78 valence electrons. The van der Waals surface area contributed by atoms with Gasteiger partial charge < -0.3 is 15.2 Å². The Morgan fingerprint density at radius 3 is 2.31 bits per heavy atom. The van der Waals surface area contributed by atoms with Crippen LogP contribution in [0, 0.1) is 0 Å². The van der Waals surface area contributed by atoms with Gasteiger partial charge in [0, 0.05) is 12.1 Å². The molecule has 5 heteroatoms. The predicted octanol–water partition coefficient (Wildman–Crippen LogP) is 0.650. The van der Waals surface area contributed by atoms with Gasteiger partial charge in [-0.1, -0.05) is 0 Å². The summed E-state index contributed by atoms with van der Waals surface area (Å²) in [5.74, 6) is -0.912. The van der Waals surface area contributed by atoms with Gasteiger partial charge in [0.15, 0.2) is 5.60 Å². The zero-order valence-corrected chi connectivity index (χ0v) is 8.90. The maximum absolute atomic E-state index is 10.7. The molecule has 0 aliphatic carbocycles. The van der Waals surface area contributed by atoms with Crippen molar-refractivity contribution >= 4 is 18.4 Å². The first-order valence-corrected chi connectivity index (χ1v) is 3.98. The van der Waals surface area contributed by atoms with Crippen molar-refractivity contribution in [3.05, 3.63) is 0 Å².